The molecule has 0 radical (unpaired) electrons. The zero-order valence-corrected chi connectivity index (χ0v) is 13.6. The molecule has 5 heteroatoms. The summed E-state index contributed by atoms with van der Waals surface area (Å²) in [6.45, 7) is 0. The van der Waals surface area contributed by atoms with E-state index in [-0.39, 0.29) is 35.5 Å². The molecule has 0 spiro atoms. The number of imide groups is 1. The quantitative estimate of drug-likeness (QED) is 0.632. The van der Waals surface area contributed by atoms with Crippen molar-refractivity contribution in [2.24, 2.45) is 35.5 Å². The van der Waals surface area contributed by atoms with E-state index in [9.17, 15) is 9.59 Å². The SMILES string of the molecule is COc1ccc(N2C(=O)[C@@H]3[C@H]4C=C[C@H]([C@H]5C[C@H]45)[C@@H]3C2=O)c(OC)c1. The number of allylic oxidation sites excluding steroid dienone is 2. The van der Waals surface area contributed by atoms with Gasteiger partial charge >= 0.3 is 0 Å². The Bertz CT molecular complexity index is 750. The van der Waals surface area contributed by atoms with Gasteiger partial charge in [0.1, 0.15) is 11.5 Å². The zero-order valence-electron chi connectivity index (χ0n) is 13.6. The molecule has 4 aliphatic carbocycles. The predicted molar refractivity (Wildman–Crippen MR) is 86.7 cm³/mol. The van der Waals surface area contributed by atoms with Crippen LogP contribution in [0, 0.1) is 35.5 Å². The molecule has 1 aliphatic heterocycles. The Morgan fingerprint density at radius 3 is 2.12 bits per heavy atom. The first kappa shape index (κ1) is 14.1. The van der Waals surface area contributed by atoms with Crippen molar-refractivity contribution in [2.45, 2.75) is 6.42 Å². The molecule has 0 aromatic heterocycles. The van der Waals surface area contributed by atoms with Gasteiger partial charge in [0.25, 0.3) is 0 Å². The number of carbonyl (C=O) groups excluding carboxylic acids is 2. The van der Waals surface area contributed by atoms with E-state index in [4.69, 9.17) is 9.47 Å². The molecule has 1 aromatic carbocycles. The van der Waals surface area contributed by atoms with Gasteiger partial charge in [-0.3, -0.25) is 9.59 Å². The summed E-state index contributed by atoms with van der Waals surface area (Å²) in [5.74, 6) is 2.27. The molecule has 1 saturated heterocycles. The van der Waals surface area contributed by atoms with E-state index >= 15 is 0 Å². The highest BCUT2D eigenvalue weighted by Gasteiger charge is 2.67. The number of amides is 2. The van der Waals surface area contributed by atoms with Gasteiger partial charge in [0.2, 0.25) is 11.8 Å². The highest BCUT2D eigenvalue weighted by Crippen LogP contribution is 2.65. The first-order chi connectivity index (χ1) is 11.7. The van der Waals surface area contributed by atoms with Crippen molar-refractivity contribution in [3.05, 3.63) is 30.4 Å². The fourth-order valence-electron chi connectivity index (χ4n) is 5.16. The lowest BCUT2D eigenvalue weighted by Gasteiger charge is -2.37. The maximum Gasteiger partial charge on any atom is 0.238 e. The highest BCUT2D eigenvalue weighted by atomic mass is 16.5. The van der Waals surface area contributed by atoms with E-state index in [2.05, 4.69) is 12.2 Å². The molecule has 2 amide bonds. The van der Waals surface area contributed by atoms with Crippen LogP contribution in [0.4, 0.5) is 5.69 Å². The summed E-state index contributed by atoms with van der Waals surface area (Å²) < 4.78 is 10.6. The third-order valence-electron chi connectivity index (χ3n) is 6.29. The first-order valence-electron chi connectivity index (χ1n) is 8.44. The molecule has 24 heavy (non-hydrogen) atoms. The van der Waals surface area contributed by atoms with Gasteiger partial charge in [0, 0.05) is 6.07 Å². The molecule has 5 aliphatic rings. The Kier molecular flexibility index (Phi) is 2.71. The van der Waals surface area contributed by atoms with Gasteiger partial charge in [-0.1, -0.05) is 12.2 Å². The lowest BCUT2D eigenvalue weighted by molar-refractivity contribution is -0.124. The standard InChI is InChI=1S/C19H19NO4/c1-23-9-3-6-14(15(7-9)24-2)20-18(21)16-10-4-5-11(13-8-12(10)13)17(16)19(20)22/h3-7,10-13,16-17H,8H2,1-2H3/t10-,11+,12-,13-,16+,17-/m1/s1. The number of hydrogen-bond donors (Lipinski definition) is 0. The van der Waals surface area contributed by atoms with Crippen LogP contribution >= 0.6 is 0 Å². The molecule has 3 fully saturated rings. The Balaban J connectivity index is 1.57. The van der Waals surface area contributed by atoms with Crippen LogP contribution in [0.2, 0.25) is 0 Å². The average Bonchev–Trinajstić information content (AvgIpc) is 3.39. The van der Waals surface area contributed by atoms with Gasteiger partial charge in [-0.05, 0) is 42.2 Å². The van der Waals surface area contributed by atoms with Crippen molar-refractivity contribution < 1.29 is 19.1 Å². The molecule has 1 aromatic rings. The Hall–Kier alpha value is -2.30. The largest absolute Gasteiger partial charge is 0.497 e. The number of hydrogen-bond acceptors (Lipinski definition) is 4. The van der Waals surface area contributed by atoms with Gasteiger partial charge in [-0.25, -0.2) is 4.90 Å². The fourth-order valence-corrected chi connectivity index (χ4v) is 5.16. The van der Waals surface area contributed by atoms with E-state index < -0.39 is 0 Å². The van der Waals surface area contributed by atoms with Crippen LogP contribution in [0.5, 0.6) is 11.5 Å². The smallest absolute Gasteiger partial charge is 0.238 e. The van der Waals surface area contributed by atoms with Gasteiger partial charge in [0.05, 0.1) is 31.7 Å². The van der Waals surface area contributed by atoms with Gasteiger partial charge in [-0.2, -0.15) is 0 Å². The van der Waals surface area contributed by atoms with Gasteiger partial charge in [0.15, 0.2) is 0 Å². The van der Waals surface area contributed by atoms with E-state index in [0.717, 1.165) is 0 Å². The second-order valence-electron chi connectivity index (χ2n) is 7.20. The summed E-state index contributed by atoms with van der Waals surface area (Å²) in [6, 6.07) is 5.20. The molecule has 6 atom stereocenters. The van der Waals surface area contributed by atoms with E-state index in [1.807, 2.05) is 0 Å². The summed E-state index contributed by atoms with van der Waals surface area (Å²) in [5, 5.41) is 0. The topological polar surface area (TPSA) is 55.8 Å². The number of carbonyl (C=O) groups is 2. The minimum absolute atomic E-state index is 0.0711. The summed E-state index contributed by atoms with van der Waals surface area (Å²) in [7, 11) is 3.11. The lowest BCUT2D eigenvalue weighted by Crippen LogP contribution is -2.40. The molecular formula is C19H19NO4. The van der Waals surface area contributed by atoms with Crippen molar-refractivity contribution in [3.63, 3.8) is 0 Å². The zero-order chi connectivity index (χ0) is 16.6. The van der Waals surface area contributed by atoms with Crippen LogP contribution in [0.15, 0.2) is 30.4 Å². The molecule has 1 heterocycles. The summed E-state index contributed by atoms with van der Waals surface area (Å²) in [6.07, 6.45) is 5.53. The Morgan fingerprint density at radius 2 is 1.58 bits per heavy atom. The molecule has 6 rings (SSSR count). The second-order valence-corrected chi connectivity index (χ2v) is 7.20. The third-order valence-corrected chi connectivity index (χ3v) is 6.29. The number of ether oxygens (including phenoxy) is 2. The normalized spacial score (nSPS) is 38.2. The molecule has 0 unspecified atom stereocenters. The number of methoxy groups -OCH3 is 2. The molecule has 124 valence electrons. The number of anilines is 1. The predicted octanol–water partition coefficient (Wildman–Crippen LogP) is 2.26. The van der Waals surface area contributed by atoms with Crippen LogP contribution in [0.25, 0.3) is 0 Å². The van der Waals surface area contributed by atoms with E-state index in [0.29, 0.717) is 29.0 Å². The van der Waals surface area contributed by atoms with Crippen molar-refractivity contribution >= 4 is 17.5 Å². The van der Waals surface area contributed by atoms with Crippen molar-refractivity contribution in [3.8, 4) is 11.5 Å². The first-order valence-corrected chi connectivity index (χ1v) is 8.44. The monoisotopic (exact) mass is 325 g/mol. The van der Waals surface area contributed by atoms with E-state index in [1.54, 1.807) is 25.3 Å². The summed E-state index contributed by atoms with van der Waals surface area (Å²) >= 11 is 0. The van der Waals surface area contributed by atoms with Gasteiger partial charge in [-0.15, -0.1) is 0 Å². The average molecular weight is 325 g/mol. The molecule has 2 saturated carbocycles. The molecule has 5 nitrogen and oxygen atoms in total. The minimum Gasteiger partial charge on any atom is -0.497 e. The highest BCUT2D eigenvalue weighted by molar-refractivity contribution is 6.23. The maximum absolute atomic E-state index is 13.1. The van der Waals surface area contributed by atoms with Crippen LogP contribution < -0.4 is 14.4 Å². The molecule has 0 N–H and O–H groups in total. The number of rotatable bonds is 3. The van der Waals surface area contributed by atoms with E-state index in [1.165, 1.54) is 18.4 Å². The number of nitrogens with zero attached hydrogens (tertiary/aromatic N) is 1. The van der Waals surface area contributed by atoms with Crippen molar-refractivity contribution in [2.75, 3.05) is 19.1 Å². The Labute approximate surface area is 140 Å². The lowest BCUT2D eigenvalue weighted by atomic mass is 9.63. The van der Waals surface area contributed by atoms with Crippen LogP contribution in [-0.4, -0.2) is 26.0 Å². The Morgan fingerprint density at radius 1 is 0.958 bits per heavy atom. The van der Waals surface area contributed by atoms with Crippen molar-refractivity contribution in [1.82, 2.24) is 0 Å². The summed E-state index contributed by atoms with van der Waals surface area (Å²) in [5.41, 5.74) is 0.524. The second kappa shape index (κ2) is 4.62. The number of benzene rings is 1. The minimum atomic E-state index is -0.192. The van der Waals surface area contributed by atoms with Crippen LogP contribution in [0.1, 0.15) is 6.42 Å². The van der Waals surface area contributed by atoms with Crippen LogP contribution in [-0.2, 0) is 9.59 Å². The fraction of sp³-hybridized carbons (Fsp3) is 0.474. The van der Waals surface area contributed by atoms with Crippen molar-refractivity contribution in [1.29, 1.82) is 0 Å². The maximum atomic E-state index is 13.1. The van der Waals surface area contributed by atoms with Gasteiger partial charge < -0.3 is 9.47 Å². The van der Waals surface area contributed by atoms with Crippen LogP contribution in [0.3, 0.4) is 0 Å². The summed E-state index contributed by atoms with van der Waals surface area (Å²) in [4.78, 5) is 27.6. The molecule has 2 bridgehead atoms. The molecular weight excluding hydrogens is 306 g/mol. The third kappa shape index (κ3) is 1.60.